The molecule has 0 saturated heterocycles. The fourth-order valence-corrected chi connectivity index (χ4v) is 2.26. The molecule has 0 heterocycles. The van der Waals surface area contributed by atoms with E-state index in [0.717, 1.165) is 10.0 Å². The van der Waals surface area contributed by atoms with Gasteiger partial charge in [0.05, 0.1) is 19.9 Å². The minimum atomic E-state index is -0.284. The van der Waals surface area contributed by atoms with Crippen molar-refractivity contribution < 1.29 is 14.3 Å². The number of carbonyl (C=O) groups excluding carboxylic acids is 1. The average Bonchev–Trinajstić information content (AvgIpc) is 2.54. The molecule has 2 amide bonds. The molecule has 0 aliphatic heterocycles. The number of carbonyl (C=O) groups is 1. The number of nitrogens with one attached hydrogen (secondary N) is 2. The van der Waals surface area contributed by atoms with E-state index >= 15 is 0 Å². The largest absolute Gasteiger partial charge is 0.497 e. The molecule has 0 aromatic heterocycles. The highest BCUT2D eigenvalue weighted by Gasteiger charge is 2.06. The molecule has 6 heteroatoms. The Morgan fingerprint density at radius 1 is 1.09 bits per heavy atom. The summed E-state index contributed by atoms with van der Waals surface area (Å²) in [4.78, 5) is 11.9. The van der Waals surface area contributed by atoms with E-state index < -0.39 is 0 Å². The van der Waals surface area contributed by atoms with Crippen LogP contribution in [0.1, 0.15) is 5.56 Å². The SMILES string of the molecule is COc1cc(CNC(=O)Nc2ccccc2Br)cc(OC)c1. The molecule has 0 fully saturated rings. The number of amides is 2. The summed E-state index contributed by atoms with van der Waals surface area (Å²) in [5.41, 5.74) is 1.60. The van der Waals surface area contributed by atoms with Gasteiger partial charge in [0.25, 0.3) is 0 Å². The first-order valence-corrected chi connectivity index (χ1v) is 7.43. The monoisotopic (exact) mass is 364 g/mol. The van der Waals surface area contributed by atoms with Crippen molar-refractivity contribution in [3.8, 4) is 11.5 Å². The molecule has 2 aromatic carbocycles. The second kappa shape index (κ2) is 7.70. The van der Waals surface area contributed by atoms with Gasteiger partial charge in [-0.3, -0.25) is 0 Å². The Kier molecular flexibility index (Phi) is 5.66. The molecule has 0 spiro atoms. The third-order valence-electron chi connectivity index (χ3n) is 2.99. The maximum absolute atomic E-state index is 11.9. The van der Waals surface area contributed by atoms with Gasteiger partial charge >= 0.3 is 6.03 Å². The quantitative estimate of drug-likeness (QED) is 0.848. The fraction of sp³-hybridized carbons (Fsp3) is 0.188. The Hall–Kier alpha value is -2.21. The smallest absolute Gasteiger partial charge is 0.319 e. The molecule has 2 rings (SSSR count). The number of urea groups is 1. The van der Waals surface area contributed by atoms with Crippen molar-refractivity contribution in [1.82, 2.24) is 5.32 Å². The van der Waals surface area contributed by atoms with Crippen LogP contribution in [0.2, 0.25) is 0 Å². The van der Waals surface area contributed by atoms with Gasteiger partial charge < -0.3 is 20.1 Å². The first-order chi connectivity index (χ1) is 10.6. The number of benzene rings is 2. The molecule has 22 heavy (non-hydrogen) atoms. The summed E-state index contributed by atoms with van der Waals surface area (Å²) in [6, 6.07) is 12.6. The highest BCUT2D eigenvalue weighted by molar-refractivity contribution is 9.10. The summed E-state index contributed by atoms with van der Waals surface area (Å²) in [6.07, 6.45) is 0. The molecule has 116 valence electrons. The summed E-state index contributed by atoms with van der Waals surface area (Å²) in [6.45, 7) is 0.365. The maximum atomic E-state index is 11.9. The lowest BCUT2D eigenvalue weighted by atomic mass is 10.2. The Labute approximate surface area is 137 Å². The fourth-order valence-electron chi connectivity index (χ4n) is 1.88. The first kappa shape index (κ1) is 16.2. The summed E-state index contributed by atoms with van der Waals surface area (Å²) in [7, 11) is 3.18. The Bertz CT molecular complexity index is 639. The Morgan fingerprint density at radius 3 is 2.32 bits per heavy atom. The molecule has 0 radical (unpaired) electrons. The predicted octanol–water partition coefficient (Wildman–Crippen LogP) is 3.79. The van der Waals surface area contributed by atoms with Crippen molar-refractivity contribution in [3.63, 3.8) is 0 Å². The normalized spacial score (nSPS) is 9.95. The number of rotatable bonds is 5. The first-order valence-electron chi connectivity index (χ1n) is 6.63. The lowest BCUT2D eigenvalue weighted by Gasteiger charge is -2.11. The van der Waals surface area contributed by atoms with Gasteiger partial charge in [-0.25, -0.2) is 4.79 Å². The van der Waals surface area contributed by atoms with Crippen LogP contribution in [0.25, 0.3) is 0 Å². The van der Waals surface area contributed by atoms with Crippen molar-refractivity contribution in [1.29, 1.82) is 0 Å². The van der Waals surface area contributed by atoms with E-state index in [-0.39, 0.29) is 6.03 Å². The van der Waals surface area contributed by atoms with Gasteiger partial charge in [-0.2, -0.15) is 0 Å². The van der Waals surface area contributed by atoms with Crippen LogP contribution in [0.4, 0.5) is 10.5 Å². The number of halogens is 1. The van der Waals surface area contributed by atoms with Crippen LogP contribution in [0.3, 0.4) is 0 Å². The van der Waals surface area contributed by atoms with E-state index in [1.54, 1.807) is 20.3 Å². The van der Waals surface area contributed by atoms with Gasteiger partial charge in [-0.05, 0) is 45.8 Å². The lowest BCUT2D eigenvalue weighted by molar-refractivity contribution is 0.251. The molecule has 0 aliphatic carbocycles. The molecule has 2 aromatic rings. The van der Waals surface area contributed by atoms with Crippen LogP contribution in [0.15, 0.2) is 46.9 Å². The minimum absolute atomic E-state index is 0.284. The predicted molar refractivity (Wildman–Crippen MR) is 89.5 cm³/mol. The number of anilines is 1. The summed E-state index contributed by atoms with van der Waals surface area (Å²) in [5, 5.41) is 5.57. The molecular formula is C16H17BrN2O3. The zero-order valence-electron chi connectivity index (χ0n) is 12.4. The van der Waals surface area contributed by atoms with Gasteiger partial charge in [-0.15, -0.1) is 0 Å². The molecule has 0 atom stereocenters. The van der Waals surface area contributed by atoms with Gasteiger partial charge in [0.15, 0.2) is 0 Å². The van der Waals surface area contributed by atoms with E-state index in [1.807, 2.05) is 36.4 Å². The highest BCUT2D eigenvalue weighted by Crippen LogP contribution is 2.23. The lowest BCUT2D eigenvalue weighted by Crippen LogP contribution is -2.28. The van der Waals surface area contributed by atoms with Gasteiger partial charge in [0.1, 0.15) is 11.5 Å². The van der Waals surface area contributed by atoms with Gasteiger partial charge in [0, 0.05) is 17.1 Å². The molecule has 0 aliphatic rings. The highest BCUT2D eigenvalue weighted by atomic mass is 79.9. The van der Waals surface area contributed by atoms with Gasteiger partial charge in [0.2, 0.25) is 0 Å². The third-order valence-corrected chi connectivity index (χ3v) is 3.68. The Morgan fingerprint density at radius 2 is 1.73 bits per heavy atom. The van der Waals surface area contributed by atoms with Crippen molar-refractivity contribution in [2.24, 2.45) is 0 Å². The number of hydrogen-bond donors (Lipinski definition) is 2. The number of methoxy groups -OCH3 is 2. The topological polar surface area (TPSA) is 59.6 Å². The van der Waals surface area contributed by atoms with Crippen molar-refractivity contribution in [3.05, 3.63) is 52.5 Å². The van der Waals surface area contributed by atoms with E-state index in [9.17, 15) is 4.79 Å². The van der Waals surface area contributed by atoms with Gasteiger partial charge in [-0.1, -0.05) is 12.1 Å². The van der Waals surface area contributed by atoms with E-state index in [4.69, 9.17) is 9.47 Å². The number of para-hydroxylation sites is 1. The maximum Gasteiger partial charge on any atom is 0.319 e. The van der Waals surface area contributed by atoms with Crippen LogP contribution in [0, 0.1) is 0 Å². The van der Waals surface area contributed by atoms with E-state index in [1.165, 1.54) is 0 Å². The van der Waals surface area contributed by atoms with Crippen molar-refractivity contribution >= 4 is 27.6 Å². The number of hydrogen-bond acceptors (Lipinski definition) is 3. The third kappa shape index (κ3) is 4.39. The second-order valence-corrected chi connectivity index (χ2v) is 5.36. The van der Waals surface area contributed by atoms with Crippen LogP contribution in [-0.4, -0.2) is 20.3 Å². The van der Waals surface area contributed by atoms with Crippen molar-refractivity contribution in [2.75, 3.05) is 19.5 Å². The summed E-state index contributed by atoms with van der Waals surface area (Å²) >= 11 is 3.38. The molecular weight excluding hydrogens is 348 g/mol. The number of ether oxygens (including phenoxy) is 2. The van der Waals surface area contributed by atoms with E-state index in [2.05, 4.69) is 26.6 Å². The summed E-state index contributed by atoms with van der Waals surface area (Å²) < 4.78 is 11.2. The van der Waals surface area contributed by atoms with E-state index in [0.29, 0.717) is 23.7 Å². The molecule has 0 unspecified atom stereocenters. The standard InChI is InChI=1S/C16H17BrN2O3/c1-21-12-7-11(8-13(9-12)22-2)10-18-16(20)19-15-6-4-3-5-14(15)17/h3-9H,10H2,1-2H3,(H2,18,19,20). The minimum Gasteiger partial charge on any atom is -0.497 e. The van der Waals surface area contributed by atoms with Crippen LogP contribution in [-0.2, 0) is 6.54 Å². The summed E-state index contributed by atoms with van der Waals surface area (Å²) in [5.74, 6) is 1.37. The Balaban J connectivity index is 1.98. The zero-order valence-corrected chi connectivity index (χ0v) is 13.9. The van der Waals surface area contributed by atoms with Crippen molar-refractivity contribution in [2.45, 2.75) is 6.54 Å². The van der Waals surface area contributed by atoms with Crippen LogP contribution >= 0.6 is 15.9 Å². The average molecular weight is 365 g/mol. The molecule has 0 bridgehead atoms. The van der Waals surface area contributed by atoms with Crippen LogP contribution in [0.5, 0.6) is 11.5 Å². The molecule has 0 saturated carbocycles. The zero-order chi connectivity index (χ0) is 15.9. The molecule has 5 nitrogen and oxygen atoms in total. The molecule has 2 N–H and O–H groups in total. The second-order valence-electron chi connectivity index (χ2n) is 4.51. The van der Waals surface area contributed by atoms with Crippen LogP contribution < -0.4 is 20.1 Å².